The number of carbonyl (C=O) groups excluding carboxylic acids is 1. The number of ether oxygens (including phenoxy) is 2. The molecule has 0 aromatic carbocycles. The Morgan fingerprint density at radius 3 is 2.80 bits per heavy atom. The Bertz CT molecular complexity index is 416. The number of aromatic nitrogens is 1. The molecule has 0 bridgehead atoms. The number of rotatable bonds is 7. The van der Waals surface area contributed by atoms with E-state index in [2.05, 4.69) is 15.2 Å². The van der Waals surface area contributed by atoms with Crippen LogP contribution >= 0.6 is 0 Å². The number of hydrogen-bond donors (Lipinski definition) is 1. The standard InChI is InChI=1S/C14H21N3O3/c1-19-8-9-20-11-14(18)16-12-4-5-13(15-10-12)17-6-2-3-7-17/h4-5,10H,2-3,6-9,11H2,1H3,(H,16,18). The van der Waals surface area contributed by atoms with Crippen LogP contribution in [0, 0.1) is 0 Å². The van der Waals surface area contributed by atoms with Crippen LogP contribution in [0.4, 0.5) is 11.5 Å². The van der Waals surface area contributed by atoms with Crippen LogP contribution in [0.5, 0.6) is 0 Å². The third kappa shape index (κ3) is 4.47. The Morgan fingerprint density at radius 1 is 1.35 bits per heavy atom. The minimum Gasteiger partial charge on any atom is -0.382 e. The third-order valence-corrected chi connectivity index (χ3v) is 3.13. The molecule has 1 aliphatic rings. The van der Waals surface area contributed by atoms with Gasteiger partial charge in [0.25, 0.3) is 0 Å². The first kappa shape index (κ1) is 14.7. The fraction of sp³-hybridized carbons (Fsp3) is 0.571. The predicted octanol–water partition coefficient (Wildman–Crippen LogP) is 1.28. The maximum atomic E-state index is 11.6. The summed E-state index contributed by atoms with van der Waals surface area (Å²) < 4.78 is 9.98. The first-order valence-corrected chi connectivity index (χ1v) is 6.87. The molecule has 0 spiro atoms. The zero-order chi connectivity index (χ0) is 14.2. The predicted molar refractivity (Wildman–Crippen MR) is 77.0 cm³/mol. The minimum absolute atomic E-state index is 0.0250. The Labute approximate surface area is 119 Å². The van der Waals surface area contributed by atoms with Gasteiger partial charge in [-0.15, -0.1) is 0 Å². The van der Waals surface area contributed by atoms with Gasteiger partial charge in [0, 0.05) is 20.2 Å². The summed E-state index contributed by atoms with van der Waals surface area (Å²) in [7, 11) is 1.59. The van der Waals surface area contributed by atoms with E-state index < -0.39 is 0 Å². The van der Waals surface area contributed by atoms with Gasteiger partial charge < -0.3 is 19.7 Å². The van der Waals surface area contributed by atoms with Crippen LogP contribution in [0.25, 0.3) is 0 Å². The molecule has 0 unspecified atom stereocenters. The van der Waals surface area contributed by atoms with Crippen LogP contribution in [-0.4, -0.2) is 50.9 Å². The number of anilines is 2. The molecule has 6 heteroatoms. The summed E-state index contributed by atoms with van der Waals surface area (Å²) >= 11 is 0. The van der Waals surface area contributed by atoms with Gasteiger partial charge in [-0.25, -0.2) is 4.98 Å². The second kappa shape index (κ2) is 7.81. The van der Waals surface area contributed by atoms with Crippen LogP contribution in [0.1, 0.15) is 12.8 Å². The van der Waals surface area contributed by atoms with Crippen molar-refractivity contribution >= 4 is 17.4 Å². The quantitative estimate of drug-likeness (QED) is 0.762. The molecule has 1 aromatic rings. The van der Waals surface area contributed by atoms with Crippen molar-refractivity contribution in [1.82, 2.24) is 4.98 Å². The second-order valence-corrected chi connectivity index (χ2v) is 4.69. The van der Waals surface area contributed by atoms with Gasteiger partial charge in [0.2, 0.25) is 5.91 Å². The Balaban J connectivity index is 1.76. The van der Waals surface area contributed by atoms with Crippen molar-refractivity contribution < 1.29 is 14.3 Å². The molecule has 1 amide bonds. The smallest absolute Gasteiger partial charge is 0.250 e. The maximum absolute atomic E-state index is 11.6. The molecule has 0 saturated carbocycles. The fourth-order valence-corrected chi connectivity index (χ4v) is 2.10. The van der Waals surface area contributed by atoms with Crippen LogP contribution in [0.15, 0.2) is 18.3 Å². The van der Waals surface area contributed by atoms with Crippen LogP contribution in [0.2, 0.25) is 0 Å². The maximum Gasteiger partial charge on any atom is 0.250 e. The van der Waals surface area contributed by atoms with Crippen molar-refractivity contribution in [3.05, 3.63) is 18.3 Å². The van der Waals surface area contributed by atoms with Crippen molar-refractivity contribution in [2.24, 2.45) is 0 Å². The third-order valence-electron chi connectivity index (χ3n) is 3.13. The molecule has 2 rings (SSSR count). The van der Waals surface area contributed by atoms with Crippen molar-refractivity contribution in [3.63, 3.8) is 0 Å². The van der Waals surface area contributed by atoms with E-state index in [0.29, 0.717) is 18.9 Å². The lowest BCUT2D eigenvalue weighted by Crippen LogP contribution is -2.21. The lowest BCUT2D eigenvalue weighted by Gasteiger charge is -2.16. The summed E-state index contributed by atoms with van der Waals surface area (Å²) in [5.41, 5.74) is 0.688. The molecule has 20 heavy (non-hydrogen) atoms. The number of pyridine rings is 1. The highest BCUT2D eigenvalue weighted by atomic mass is 16.5. The van der Waals surface area contributed by atoms with Gasteiger partial charge >= 0.3 is 0 Å². The van der Waals surface area contributed by atoms with Crippen LogP contribution in [-0.2, 0) is 14.3 Å². The average Bonchev–Trinajstić information content (AvgIpc) is 2.99. The summed E-state index contributed by atoms with van der Waals surface area (Å²) in [4.78, 5) is 18.2. The molecule has 110 valence electrons. The number of carbonyl (C=O) groups is 1. The summed E-state index contributed by atoms with van der Waals surface area (Å²) in [5.74, 6) is 0.786. The number of nitrogens with one attached hydrogen (secondary N) is 1. The van der Waals surface area contributed by atoms with Crippen molar-refractivity contribution in [3.8, 4) is 0 Å². The summed E-state index contributed by atoms with van der Waals surface area (Å²) in [6, 6.07) is 3.81. The molecule has 1 aliphatic heterocycles. The highest BCUT2D eigenvalue weighted by Crippen LogP contribution is 2.18. The second-order valence-electron chi connectivity index (χ2n) is 4.69. The van der Waals surface area contributed by atoms with Crippen LogP contribution < -0.4 is 10.2 Å². The van der Waals surface area contributed by atoms with Gasteiger partial charge in [0.1, 0.15) is 12.4 Å². The van der Waals surface area contributed by atoms with Gasteiger partial charge in [-0.05, 0) is 25.0 Å². The van der Waals surface area contributed by atoms with Crippen molar-refractivity contribution in [2.75, 3.05) is 50.2 Å². The molecule has 0 radical (unpaired) electrons. The lowest BCUT2D eigenvalue weighted by atomic mass is 10.4. The number of methoxy groups -OCH3 is 1. The van der Waals surface area contributed by atoms with Gasteiger partial charge in [-0.2, -0.15) is 0 Å². The van der Waals surface area contributed by atoms with E-state index >= 15 is 0 Å². The molecule has 1 fully saturated rings. The van der Waals surface area contributed by atoms with E-state index in [9.17, 15) is 4.79 Å². The molecule has 0 aliphatic carbocycles. The van der Waals surface area contributed by atoms with E-state index in [4.69, 9.17) is 9.47 Å². The molecule has 2 heterocycles. The van der Waals surface area contributed by atoms with E-state index in [1.165, 1.54) is 12.8 Å². The van der Waals surface area contributed by atoms with Gasteiger partial charge in [0.15, 0.2) is 0 Å². The fourth-order valence-electron chi connectivity index (χ4n) is 2.10. The molecule has 1 aromatic heterocycles. The van der Waals surface area contributed by atoms with E-state index in [-0.39, 0.29) is 12.5 Å². The number of amides is 1. The average molecular weight is 279 g/mol. The zero-order valence-electron chi connectivity index (χ0n) is 11.8. The molecule has 1 N–H and O–H groups in total. The van der Waals surface area contributed by atoms with Gasteiger partial charge in [0.05, 0.1) is 25.1 Å². The first-order valence-electron chi connectivity index (χ1n) is 6.87. The summed E-state index contributed by atoms with van der Waals surface area (Å²) in [6.45, 7) is 3.05. The molecule has 0 atom stereocenters. The summed E-state index contributed by atoms with van der Waals surface area (Å²) in [6.07, 6.45) is 4.12. The Kier molecular flexibility index (Phi) is 5.76. The molecular weight excluding hydrogens is 258 g/mol. The van der Waals surface area contributed by atoms with Gasteiger partial charge in [-0.1, -0.05) is 0 Å². The van der Waals surface area contributed by atoms with E-state index in [0.717, 1.165) is 18.9 Å². The Hall–Kier alpha value is -1.66. The minimum atomic E-state index is -0.183. The van der Waals surface area contributed by atoms with E-state index in [1.807, 2.05) is 12.1 Å². The number of hydrogen-bond acceptors (Lipinski definition) is 5. The Morgan fingerprint density at radius 2 is 2.15 bits per heavy atom. The topological polar surface area (TPSA) is 63.7 Å². The van der Waals surface area contributed by atoms with E-state index in [1.54, 1.807) is 13.3 Å². The summed E-state index contributed by atoms with van der Waals surface area (Å²) in [5, 5.41) is 2.75. The monoisotopic (exact) mass is 279 g/mol. The highest BCUT2D eigenvalue weighted by molar-refractivity contribution is 5.91. The largest absolute Gasteiger partial charge is 0.382 e. The van der Waals surface area contributed by atoms with Crippen molar-refractivity contribution in [2.45, 2.75) is 12.8 Å². The molecule has 1 saturated heterocycles. The van der Waals surface area contributed by atoms with Crippen molar-refractivity contribution in [1.29, 1.82) is 0 Å². The number of nitrogens with zero attached hydrogens (tertiary/aromatic N) is 2. The lowest BCUT2D eigenvalue weighted by molar-refractivity contribution is -0.121. The molecular formula is C14H21N3O3. The highest BCUT2D eigenvalue weighted by Gasteiger charge is 2.13. The normalized spacial score (nSPS) is 14.6. The SMILES string of the molecule is COCCOCC(=O)Nc1ccc(N2CCCC2)nc1. The van der Waals surface area contributed by atoms with Crippen LogP contribution in [0.3, 0.4) is 0 Å². The first-order chi connectivity index (χ1) is 9.79. The molecule has 6 nitrogen and oxygen atoms in total. The zero-order valence-corrected chi connectivity index (χ0v) is 11.8. The van der Waals surface area contributed by atoms with Gasteiger partial charge in [-0.3, -0.25) is 4.79 Å².